The van der Waals surface area contributed by atoms with Crippen LogP contribution in [0.5, 0.6) is 5.75 Å². The molecular formula is C23H20BrN3O4. The van der Waals surface area contributed by atoms with Crippen molar-refractivity contribution >= 4 is 33.2 Å². The van der Waals surface area contributed by atoms with Gasteiger partial charge in [0.05, 0.1) is 15.1 Å². The smallest absolute Gasteiger partial charge is 0.277 e. The fourth-order valence-electron chi connectivity index (χ4n) is 2.86. The Bertz CT molecular complexity index is 1100. The summed E-state index contributed by atoms with van der Waals surface area (Å²) in [4.78, 5) is 22.4. The molecule has 0 heterocycles. The van der Waals surface area contributed by atoms with E-state index in [2.05, 4.69) is 26.5 Å². The summed E-state index contributed by atoms with van der Waals surface area (Å²) in [5.41, 5.74) is 6.32. The van der Waals surface area contributed by atoms with Crippen LogP contribution in [0.2, 0.25) is 0 Å². The number of non-ortho nitro benzene ring substituents is 1. The zero-order valence-corrected chi connectivity index (χ0v) is 18.3. The second kappa shape index (κ2) is 10.5. The van der Waals surface area contributed by atoms with Gasteiger partial charge < -0.3 is 4.74 Å². The second-order valence-corrected chi connectivity index (χ2v) is 7.41. The quantitative estimate of drug-likeness (QED) is 0.267. The lowest BCUT2D eigenvalue weighted by atomic mass is 10.0. The molecule has 0 fully saturated rings. The van der Waals surface area contributed by atoms with Crippen LogP contribution in [0.3, 0.4) is 0 Å². The number of carbonyl (C=O) groups is 1. The van der Waals surface area contributed by atoms with Crippen molar-refractivity contribution in [3.05, 3.63) is 92.9 Å². The lowest BCUT2D eigenvalue weighted by molar-refractivity contribution is -0.384. The molecule has 3 aromatic carbocycles. The molecule has 0 radical (unpaired) electrons. The van der Waals surface area contributed by atoms with Crippen LogP contribution in [0.4, 0.5) is 5.69 Å². The SMILES string of the molecule is CCC(=NNC(=O)COc1ccc([N+](=O)[O-])cc1Br)c1ccc(-c2ccccc2)cc1. The normalized spacial score (nSPS) is 11.1. The van der Waals surface area contributed by atoms with Crippen molar-refractivity contribution in [3.8, 4) is 16.9 Å². The Balaban J connectivity index is 1.60. The Morgan fingerprint density at radius 2 is 1.74 bits per heavy atom. The molecule has 1 N–H and O–H groups in total. The van der Waals surface area contributed by atoms with Gasteiger partial charge in [0.25, 0.3) is 11.6 Å². The molecule has 158 valence electrons. The molecule has 0 bridgehead atoms. The molecule has 0 spiro atoms. The summed E-state index contributed by atoms with van der Waals surface area (Å²) in [5, 5.41) is 15.0. The van der Waals surface area contributed by atoms with Gasteiger partial charge in [-0.05, 0) is 45.1 Å². The summed E-state index contributed by atoms with van der Waals surface area (Å²) in [7, 11) is 0. The second-order valence-electron chi connectivity index (χ2n) is 6.55. The molecule has 7 nitrogen and oxygen atoms in total. The van der Waals surface area contributed by atoms with Crippen molar-refractivity contribution in [2.24, 2.45) is 5.10 Å². The predicted molar refractivity (Wildman–Crippen MR) is 123 cm³/mol. The van der Waals surface area contributed by atoms with E-state index >= 15 is 0 Å². The fraction of sp³-hybridized carbons (Fsp3) is 0.130. The number of hydrogen-bond donors (Lipinski definition) is 1. The molecule has 0 saturated heterocycles. The van der Waals surface area contributed by atoms with E-state index < -0.39 is 10.8 Å². The van der Waals surface area contributed by atoms with Gasteiger partial charge in [0.15, 0.2) is 6.61 Å². The van der Waals surface area contributed by atoms with E-state index in [4.69, 9.17) is 4.74 Å². The Labute approximate surface area is 188 Å². The van der Waals surface area contributed by atoms with Gasteiger partial charge in [-0.3, -0.25) is 14.9 Å². The number of halogens is 1. The first-order valence-electron chi connectivity index (χ1n) is 9.56. The first-order valence-corrected chi connectivity index (χ1v) is 10.3. The highest BCUT2D eigenvalue weighted by molar-refractivity contribution is 9.10. The van der Waals surface area contributed by atoms with Crippen molar-refractivity contribution in [2.45, 2.75) is 13.3 Å². The Morgan fingerprint density at radius 1 is 1.06 bits per heavy atom. The van der Waals surface area contributed by atoms with Gasteiger partial charge in [-0.15, -0.1) is 0 Å². The largest absolute Gasteiger partial charge is 0.483 e. The van der Waals surface area contributed by atoms with Gasteiger partial charge >= 0.3 is 0 Å². The third-order valence-electron chi connectivity index (χ3n) is 4.46. The molecule has 3 rings (SSSR count). The maximum atomic E-state index is 12.1. The first kappa shape index (κ1) is 22.2. The average molecular weight is 482 g/mol. The number of hydrogen-bond acceptors (Lipinski definition) is 5. The van der Waals surface area contributed by atoms with Gasteiger partial charge in [0, 0.05) is 12.1 Å². The molecule has 0 aromatic heterocycles. The lowest BCUT2D eigenvalue weighted by Crippen LogP contribution is -2.26. The number of nitro groups is 1. The van der Waals surface area contributed by atoms with Gasteiger partial charge in [-0.1, -0.05) is 61.5 Å². The van der Waals surface area contributed by atoms with Crippen LogP contribution in [-0.4, -0.2) is 23.1 Å². The average Bonchev–Trinajstić information content (AvgIpc) is 2.79. The number of rotatable bonds is 8. The number of benzene rings is 3. The summed E-state index contributed by atoms with van der Waals surface area (Å²) in [5.74, 6) is -0.103. The number of hydrazone groups is 1. The summed E-state index contributed by atoms with van der Waals surface area (Å²) >= 11 is 3.20. The fourth-order valence-corrected chi connectivity index (χ4v) is 3.34. The molecule has 0 aliphatic carbocycles. The third kappa shape index (κ3) is 5.99. The maximum absolute atomic E-state index is 12.1. The van der Waals surface area contributed by atoms with E-state index in [-0.39, 0.29) is 12.3 Å². The molecule has 1 amide bonds. The highest BCUT2D eigenvalue weighted by atomic mass is 79.9. The van der Waals surface area contributed by atoms with Gasteiger partial charge in [0.1, 0.15) is 5.75 Å². The van der Waals surface area contributed by atoms with Crippen molar-refractivity contribution in [3.63, 3.8) is 0 Å². The van der Waals surface area contributed by atoms with Crippen LogP contribution in [-0.2, 0) is 4.79 Å². The molecule has 0 saturated carbocycles. The Morgan fingerprint density at radius 3 is 2.35 bits per heavy atom. The number of ether oxygens (including phenoxy) is 1. The molecule has 0 unspecified atom stereocenters. The van der Waals surface area contributed by atoms with Gasteiger partial charge in [-0.2, -0.15) is 5.10 Å². The van der Waals surface area contributed by atoms with Crippen molar-refractivity contribution < 1.29 is 14.5 Å². The van der Waals surface area contributed by atoms with Crippen molar-refractivity contribution in [1.29, 1.82) is 0 Å². The molecule has 3 aromatic rings. The third-order valence-corrected chi connectivity index (χ3v) is 5.08. The first-order chi connectivity index (χ1) is 15.0. The Hall–Kier alpha value is -3.52. The van der Waals surface area contributed by atoms with Crippen molar-refractivity contribution in [2.75, 3.05) is 6.61 Å². The molecule has 8 heteroatoms. The lowest BCUT2D eigenvalue weighted by Gasteiger charge is -2.09. The van der Waals surface area contributed by atoms with Crippen LogP contribution in [0, 0.1) is 10.1 Å². The molecule has 0 aliphatic heterocycles. The minimum absolute atomic E-state index is 0.0702. The van der Waals surface area contributed by atoms with Crippen LogP contribution in [0.1, 0.15) is 18.9 Å². The van der Waals surface area contributed by atoms with Crippen LogP contribution < -0.4 is 10.2 Å². The number of nitrogens with one attached hydrogen (secondary N) is 1. The minimum Gasteiger partial charge on any atom is -0.483 e. The van der Waals surface area contributed by atoms with Gasteiger partial charge in [0.2, 0.25) is 0 Å². The van der Waals surface area contributed by atoms with Gasteiger partial charge in [-0.25, -0.2) is 5.43 Å². The number of nitrogens with zero attached hydrogens (tertiary/aromatic N) is 2. The number of nitro benzene ring substituents is 1. The predicted octanol–water partition coefficient (Wildman–Crippen LogP) is 5.33. The van der Waals surface area contributed by atoms with Crippen LogP contribution in [0.25, 0.3) is 11.1 Å². The summed E-state index contributed by atoms with van der Waals surface area (Å²) in [6.07, 6.45) is 0.639. The zero-order valence-electron chi connectivity index (χ0n) is 16.7. The van der Waals surface area contributed by atoms with Crippen LogP contribution >= 0.6 is 15.9 Å². The van der Waals surface area contributed by atoms with E-state index in [0.29, 0.717) is 16.6 Å². The monoisotopic (exact) mass is 481 g/mol. The summed E-state index contributed by atoms with van der Waals surface area (Å²) in [6, 6.07) is 22.1. The number of carbonyl (C=O) groups excluding carboxylic acids is 1. The molecule has 0 atom stereocenters. The van der Waals surface area contributed by atoms with Crippen LogP contribution in [0.15, 0.2) is 82.4 Å². The minimum atomic E-state index is -0.505. The van der Waals surface area contributed by atoms with Crippen molar-refractivity contribution in [1.82, 2.24) is 5.43 Å². The van der Waals surface area contributed by atoms with E-state index in [9.17, 15) is 14.9 Å². The van der Waals surface area contributed by atoms with E-state index in [0.717, 1.165) is 22.4 Å². The van der Waals surface area contributed by atoms with E-state index in [1.165, 1.54) is 18.2 Å². The van der Waals surface area contributed by atoms with E-state index in [1.807, 2.05) is 61.5 Å². The standard InChI is InChI=1S/C23H20BrN3O4/c1-2-21(18-10-8-17(9-11-18)16-6-4-3-5-7-16)25-26-23(28)15-31-22-13-12-19(27(29)30)14-20(22)24/h3-14H,2,15H2,1H3,(H,26,28). The topological polar surface area (TPSA) is 93.8 Å². The highest BCUT2D eigenvalue weighted by Crippen LogP contribution is 2.29. The molecular weight excluding hydrogens is 462 g/mol. The summed E-state index contributed by atoms with van der Waals surface area (Å²) in [6.45, 7) is 1.68. The maximum Gasteiger partial charge on any atom is 0.277 e. The summed E-state index contributed by atoms with van der Waals surface area (Å²) < 4.78 is 5.81. The van der Waals surface area contributed by atoms with E-state index in [1.54, 1.807) is 0 Å². The molecule has 0 aliphatic rings. The highest BCUT2D eigenvalue weighted by Gasteiger charge is 2.11. The zero-order chi connectivity index (χ0) is 22.2. The number of amides is 1. The molecule has 31 heavy (non-hydrogen) atoms. The Kier molecular flexibility index (Phi) is 7.50.